The van der Waals surface area contributed by atoms with E-state index >= 15 is 0 Å². The fraction of sp³-hybridized carbons (Fsp3) is 0.421. The van der Waals surface area contributed by atoms with Crippen molar-refractivity contribution in [3.63, 3.8) is 0 Å². The minimum absolute atomic E-state index is 0.0559. The average Bonchev–Trinajstić information content (AvgIpc) is 3.09. The van der Waals surface area contributed by atoms with Crippen LogP contribution in [0, 0.1) is 0 Å². The molecular formula is C19H24N2O2. The molecule has 4 nitrogen and oxygen atoms in total. The Kier molecular flexibility index (Phi) is 4.70. The van der Waals surface area contributed by atoms with Crippen molar-refractivity contribution in [3.8, 4) is 0 Å². The van der Waals surface area contributed by atoms with Gasteiger partial charge in [0.25, 0.3) is 5.91 Å². The van der Waals surface area contributed by atoms with Crippen LogP contribution in [0.3, 0.4) is 0 Å². The van der Waals surface area contributed by atoms with E-state index in [4.69, 9.17) is 4.42 Å². The predicted octanol–water partition coefficient (Wildman–Crippen LogP) is 4.12. The average molecular weight is 312 g/mol. The van der Waals surface area contributed by atoms with E-state index < -0.39 is 0 Å². The molecule has 1 saturated heterocycles. The summed E-state index contributed by atoms with van der Waals surface area (Å²) < 4.78 is 5.02. The lowest BCUT2D eigenvalue weighted by atomic mass is 10.0. The molecule has 1 unspecified atom stereocenters. The van der Waals surface area contributed by atoms with Crippen molar-refractivity contribution in [2.24, 2.45) is 0 Å². The lowest BCUT2D eigenvalue weighted by Gasteiger charge is -2.33. The number of nitrogens with zero attached hydrogens (tertiary/aromatic N) is 1. The molecular weight excluding hydrogens is 288 g/mol. The zero-order valence-corrected chi connectivity index (χ0v) is 13.8. The van der Waals surface area contributed by atoms with Crippen molar-refractivity contribution in [3.05, 3.63) is 54.0 Å². The van der Waals surface area contributed by atoms with Gasteiger partial charge in [-0.2, -0.15) is 0 Å². The molecule has 0 radical (unpaired) electrons. The van der Waals surface area contributed by atoms with Gasteiger partial charge >= 0.3 is 0 Å². The van der Waals surface area contributed by atoms with Gasteiger partial charge in [-0.25, -0.2) is 0 Å². The van der Waals surface area contributed by atoms with Gasteiger partial charge in [-0.05, 0) is 42.5 Å². The molecule has 4 heteroatoms. The first-order valence-electron chi connectivity index (χ1n) is 8.31. The van der Waals surface area contributed by atoms with Gasteiger partial charge in [-0.3, -0.25) is 4.79 Å². The Morgan fingerprint density at radius 3 is 2.70 bits per heavy atom. The van der Waals surface area contributed by atoms with Crippen molar-refractivity contribution < 1.29 is 9.21 Å². The molecule has 23 heavy (non-hydrogen) atoms. The summed E-state index contributed by atoms with van der Waals surface area (Å²) in [6.07, 6.45) is 5.17. The van der Waals surface area contributed by atoms with Gasteiger partial charge < -0.3 is 14.6 Å². The van der Waals surface area contributed by atoms with Crippen LogP contribution in [0.15, 0.2) is 47.3 Å². The highest BCUT2D eigenvalue weighted by Crippen LogP contribution is 2.21. The van der Waals surface area contributed by atoms with E-state index in [1.54, 1.807) is 12.3 Å². The van der Waals surface area contributed by atoms with E-state index in [0.717, 1.165) is 31.6 Å². The molecule has 1 N–H and O–H groups in total. The van der Waals surface area contributed by atoms with Gasteiger partial charge in [-0.15, -0.1) is 0 Å². The number of anilines is 1. The number of nitrogens with one attached hydrogen (secondary N) is 1. The quantitative estimate of drug-likeness (QED) is 0.923. The second-order valence-corrected chi connectivity index (χ2v) is 6.52. The third kappa shape index (κ3) is 3.76. The number of carbonyl (C=O) groups is 1. The van der Waals surface area contributed by atoms with Crippen molar-refractivity contribution in [2.75, 3.05) is 18.4 Å². The van der Waals surface area contributed by atoms with Gasteiger partial charge in [0.1, 0.15) is 6.26 Å². The molecule has 1 aromatic carbocycles. The maximum absolute atomic E-state index is 12.4. The van der Waals surface area contributed by atoms with Gasteiger partial charge in [-0.1, -0.05) is 26.0 Å². The molecule has 1 aromatic heterocycles. The van der Waals surface area contributed by atoms with Crippen LogP contribution < -0.4 is 5.32 Å². The molecule has 0 aliphatic carbocycles. The molecule has 2 aromatic rings. The van der Waals surface area contributed by atoms with Gasteiger partial charge in [0, 0.05) is 24.8 Å². The normalized spacial score (nSPS) is 18.2. The van der Waals surface area contributed by atoms with Gasteiger partial charge in [0.15, 0.2) is 0 Å². The minimum atomic E-state index is 0.0559. The van der Waals surface area contributed by atoms with Crippen LogP contribution in [-0.2, 0) is 0 Å². The Hall–Kier alpha value is -2.23. The molecule has 1 amide bonds. The zero-order chi connectivity index (χ0) is 16.2. The molecule has 1 atom stereocenters. The first kappa shape index (κ1) is 15.7. The molecule has 1 fully saturated rings. The Morgan fingerprint density at radius 2 is 2.04 bits per heavy atom. The number of piperidine rings is 1. The molecule has 0 bridgehead atoms. The molecule has 0 spiro atoms. The third-order valence-electron chi connectivity index (χ3n) is 4.42. The van der Waals surface area contributed by atoms with Gasteiger partial charge in [0.2, 0.25) is 0 Å². The fourth-order valence-corrected chi connectivity index (χ4v) is 3.05. The van der Waals surface area contributed by atoms with Gasteiger partial charge in [0.05, 0.1) is 11.8 Å². The lowest BCUT2D eigenvalue weighted by Crippen LogP contribution is -2.45. The smallest absolute Gasteiger partial charge is 0.257 e. The standard InChI is InChI=1S/C19H24N2O2/c1-14(2)15-5-7-17(8-6-15)20-18-4-3-10-21(12-18)19(22)16-9-11-23-13-16/h5-9,11,13-14,18,20H,3-4,10,12H2,1-2H3. The predicted molar refractivity (Wildman–Crippen MR) is 91.8 cm³/mol. The maximum Gasteiger partial charge on any atom is 0.257 e. The summed E-state index contributed by atoms with van der Waals surface area (Å²) >= 11 is 0. The highest BCUT2D eigenvalue weighted by molar-refractivity contribution is 5.93. The summed E-state index contributed by atoms with van der Waals surface area (Å²) in [5.74, 6) is 0.599. The SMILES string of the molecule is CC(C)c1ccc(NC2CCCN(C(=O)c3ccoc3)C2)cc1. The lowest BCUT2D eigenvalue weighted by molar-refractivity contribution is 0.0714. The Balaban J connectivity index is 1.61. The van der Waals surface area contributed by atoms with Crippen LogP contribution >= 0.6 is 0 Å². The third-order valence-corrected chi connectivity index (χ3v) is 4.42. The molecule has 2 heterocycles. The molecule has 1 aliphatic rings. The van der Waals surface area contributed by atoms with Crippen molar-refractivity contribution in [1.82, 2.24) is 4.90 Å². The number of rotatable bonds is 4. The summed E-state index contributed by atoms with van der Waals surface area (Å²) in [5.41, 5.74) is 3.10. The number of benzene rings is 1. The molecule has 0 saturated carbocycles. The number of carbonyl (C=O) groups excluding carboxylic acids is 1. The number of amides is 1. The minimum Gasteiger partial charge on any atom is -0.472 e. The Morgan fingerprint density at radius 1 is 1.26 bits per heavy atom. The summed E-state index contributed by atoms with van der Waals surface area (Å²) in [6, 6.07) is 10.6. The molecule has 122 valence electrons. The number of hydrogen-bond acceptors (Lipinski definition) is 3. The van der Waals surface area contributed by atoms with Crippen molar-refractivity contribution in [1.29, 1.82) is 0 Å². The van der Waals surface area contributed by atoms with E-state index in [1.807, 2.05) is 4.90 Å². The van der Waals surface area contributed by atoms with Crippen LogP contribution in [0.1, 0.15) is 48.5 Å². The summed E-state index contributed by atoms with van der Waals surface area (Å²) in [6.45, 7) is 5.94. The second-order valence-electron chi connectivity index (χ2n) is 6.52. The summed E-state index contributed by atoms with van der Waals surface area (Å²) in [4.78, 5) is 14.3. The van der Waals surface area contributed by atoms with E-state index in [2.05, 4.69) is 43.4 Å². The largest absolute Gasteiger partial charge is 0.472 e. The van der Waals surface area contributed by atoms with Crippen molar-refractivity contribution >= 4 is 11.6 Å². The highest BCUT2D eigenvalue weighted by Gasteiger charge is 2.24. The maximum atomic E-state index is 12.4. The first-order valence-corrected chi connectivity index (χ1v) is 8.31. The van der Waals surface area contributed by atoms with E-state index in [-0.39, 0.29) is 5.91 Å². The first-order chi connectivity index (χ1) is 11.1. The van der Waals surface area contributed by atoms with Crippen LogP contribution in [0.25, 0.3) is 0 Å². The number of hydrogen-bond donors (Lipinski definition) is 1. The van der Waals surface area contributed by atoms with Crippen LogP contribution in [0.2, 0.25) is 0 Å². The fourth-order valence-electron chi connectivity index (χ4n) is 3.05. The highest BCUT2D eigenvalue weighted by atomic mass is 16.3. The van der Waals surface area contributed by atoms with E-state index in [1.165, 1.54) is 11.8 Å². The van der Waals surface area contributed by atoms with Crippen LogP contribution in [-0.4, -0.2) is 29.9 Å². The summed E-state index contributed by atoms with van der Waals surface area (Å²) in [7, 11) is 0. The van der Waals surface area contributed by atoms with E-state index in [9.17, 15) is 4.79 Å². The van der Waals surface area contributed by atoms with Crippen LogP contribution in [0.4, 0.5) is 5.69 Å². The second kappa shape index (κ2) is 6.90. The summed E-state index contributed by atoms with van der Waals surface area (Å²) in [5, 5.41) is 3.56. The van der Waals surface area contributed by atoms with Crippen LogP contribution in [0.5, 0.6) is 0 Å². The zero-order valence-electron chi connectivity index (χ0n) is 13.8. The van der Waals surface area contributed by atoms with E-state index in [0.29, 0.717) is 17.5 Å². The topological polar surface area (TPSA) is 45.5 Å². The number of furan rings is 1. The molecule has 1 aliphatic heterocycles. The Bertz CT molecular complexity index is 632. The monoisotopic (exact) mass is 312 g/mol. The molecule has 3 rings (SSSR count). The van der Waals surface area contributed by atoms with Crippen molar-refractivity contribution in [2.45, 2.75) is 38.6 Å². The number of likely N-dealkylation sites (tertiary alicyclic amines) is 1. The Labute approximate surface area is 137 Å².